The number of imide groups is 1. The van der Waals surface area contributed by atoms with Crippen LogP contribution in [0, 0.1) is 17.7 Å². The van der Waals surface area contributed by atoms with Crippen molar-refractivity contribution in [3.05, 3.63) is 78.9 Å². The largest absolute Gasteiger partial charge is 0.322 e. The van der Waals surface area contributed by atoms with E-state index in [-0.39, 0.29) is 23.5 Å². The minimum atomic E-state index is -0.420. The third-order valence-electron chi connectivity index (χ3n) is 5.69. The number of rotatable bonds is 5. The van der Waals surface area contributed by atoms with Crippen molar-refractivity contribution in [1.82, 2.24) is 19.4 Å². The van der Waals surface area contributed by atoms with Crippen LogP contribution in [0.3, 0.4) is 0 Å². The molecule has 1 fully saturated rings. The number of imidazole rings is 1. The molecule has 1 aliphatic carbocycles. The molecule has 2 unspecified atom stereocenters. The summed E-state index contributed by atoms with van der Waals surface area (Å²) in [6, 6.07) is 9.95. The first-order valence-corrected chi connectivity index (χ1v) is 11.1. The van der Waals surface area contributed by atoms with Crippen molar-refractivity contribution in [3.63, 3.8) is 0 Å². The number of carbonyl (C=O) groups is 2. The van der Waals surface area contributed by atoms with Gasteiger partial charge in [-0.05, 0) is 36.4 Å². The average molecular weight is 447 g/mol. The number of hydrogen-bond acceptors (Lipinski definition) is 5. The lowest BCUT2D eigenvalue weighted by Crippen LogP contribution is -2.30. The summed E-state index contributed by atoms with van der Waals surface area (Å²) in [5, 5.41) is 0.651. The smallest absolute Gasteiger partial charge is 0.238 e. The topological polar surface area (TPSA) is 68.1 Å². The fourth-order valence-electron chi connectivity index (χ4n) is 4.05. The number of carbonyl (C=O) groups excluding carboxylic acids is 2. The third-order valence-corrected chi connectivity index (χ3v) is 6.70. The van der Waals surface area contributed by atoms with Gasteiger partial charge in [-0.1, -0.05) is 36.1 Å². The van der Waals surface area contributed by atoms with Crippen molar-refractivity contribution in [2.45, 2.75) is 5.16 Å². The Labute approximate surface area is 188 Å². The van der Waals surface area contributed by atoms with E-state index in [9.17, 15) is 14.0 Å². The van der Waals surface area contributed by atoms with Gasteiger partial charge in [-0.15, -0.1) is 0 Å². The number of hydrogen-bond donors (Lipinski definition) is 0. The van der Waals surface area contributed by atoms with Gasteiger partial charge in [0, 0.05) is 30.6 Å². The lowest BCUT2D eigenvalue weighted by Gasteiger charge is -2.13. The Kier molecular flexibility index (Phi) is 5.22. The zero-order chi connectivity index (χ0) is 22.2. The Bertz CT molecular complexity index is 1220. The van der Waals surface area contributed by atoms with E-state index in [4.69, 9.17) is 4.98 Å². The van der Waals surface area contributed by atoms with Crippen LogP contribution in [0.25, 0.3) is 22.5 Å². The molecule has 5 rings (SSSR count). The van der Waals surface area contributed by atoms with E-state index >= 15 is 0 Å². The average Bonchev–Trinajstić information content (AvgIpc) is 3.27. The summed E-state index contributed by atoms with van der Waals surface area (Å²) in [7, 11) is 1.89. The van der Waals surface area contributed by atoms with Crippen molar-refractivity contribution >= 4 is 23.6 Å². The van der Waals surface area contributed by atoms with E-state index in [0.717, 1.165) is 16.8 Å². The molecule has 2 aromatic heterocycles. The van der Waals surface area contributed by atoms with Crippen LogP contribution in [0.5, 0.6) is 0 Å². The Balaban J connectivity index is 1.48. The molecule has 0 saturated carbocycles. The maximum atomic E-state index is 13.5. The predicted molar refractivity (Wildman–Crippen MR) is 120 cm³/mol. The van der Waals surface area contributed by atoms with E-state index in [0.29, 0.717) is 10.9 Å². The van der Waals surface area contributed by atoms with Crippen molar-refractivity contribution in [2.24, 2.45) is 18.9 Å². The van der Waals surface area contributed by atoms with Crippen LogP contribution in [-0.2, 0) is 16.6 Å². The number of thioether (sulfide) groups is 1. The van der Waals surface area contributed by atoms with E-state index in [1.807, 2.05) is 23.7 Å². The van der Waals surface area contributed by atoms with Crippen LogP contribution in [0.2, 0.25) is 0 Å². The molecule has 1 aromatic carbocycles. The van der Waals surface area contributed by atoms with E-state index in [2.05, 4.69) is 4.98 Å². The summed E-state index contributed by atoms with van der Waals surface area (Å²) in [5.74, 6) is -1.35. The minimum Gasteiger partial charge on any atom is -0.322 e. The molecule has 8 heteroatoms. The summed E-state index contributed by atoms with van der Waals surface area (Å²) in [5.41, 5.74) is 3.23. The van der Waals surface area contributed by atoms with Gasteiger partial charge in [-0.25, -0.2) is 9.37 Å². The van der Waals surface area contributed by atoms with E-state index in [1.54, 1.807) is 48.8 Å². The van der Waals surface area contributed by atoms with Gasteiger partial charge in [0.25, 0.3) is 0 Å². The number of benzene rings is 1. The van der Waals surface area contributed by atoms with Crippen LogP contribution < -0.4 is 0 Å². The monoisotopic (exact) mass is 446 g/mol. The second kappa shape index (κ2) is 8.20. The number of likely N-dealkylation sites (tertiary alicyclic amines) is 1. The van der Waals surface area contributed by atoms with Gasteiger partial charge in [0.05, 0.1) is 29.1 Å². The van der Waals surface area contributed by atoms with Crippen molar-refractivity contribution < 1.29 is 14.0 Å². The van der Waals surface area contributed by atoms with Gasteiger partial charge in [-0.3, -0.25) is 19.5 Å². The highest BCUT2D eigenvalue weighted by molar-refractivity contribution is 7.99. The minimum absolute atomic E-state index is 0.176. The first-order chi connectivity index (χ1) is 15.5. The third kappa shape index (κ3) is 3.46. The number of aromatic nitrogens is 3. The van der Waals surface area contributed by atoms with Crippen LogP contribution in [0.1, 0.15) is 0 Å². The highest BCUT2D eigenvalue weighted by Gasteiger charge is 2.45. The molecule has 2 amide bonds. The maximum absolute atomic E-state index is 13.5. The molecule has 1 aliphatic heterocycles. The second-order valence-electron chi connectivity index (χ2n) is 7.59. The number of allylic oxidation sites excluding steroid dienone is 2. The number of fused-ring (bicyclic) bond motifs is 1. The molecule has 0 bridgehead atoms. The van der Waals surface area contributed by atoms with Gasteiger partial charge in [0.1, 0.15) is 5.82 Å². The van der Waals surface area contributed by atoms with Gasteiger partial charge < -0.3 is 4.57 Å². The van der Waals surface area contributed by atoms with Crippen LogP contribution >= 0.6 is 11.8 Å². The Morgan fingerprint density at radius 3 is 2.19 bits per heavy atom. The summed E-state index contributed by atoms with van der Waals surface area (Å²) >= 11 is 1.32. The predicted octanol–water partition coefficient (Wildman–Crippen LogP) is 4.07. The van der Waals surface area contributed by atoms with Crippen molar-refractivity contribution in [1.29, 1.82) is 0 Å². The Hall–Kier alpha value is -3.52. The number of pyridine rings is 1. The molecule has 32 heavy (non-hydrogen) atoms. The fraction of sp³-hybridized carbons (Fsp3) is 0.167. The summed E-state index contributed by atoms with van der Waals surface area (Å²) < 4.78 is 15.4. The van der Waals surface area contributed by atoms with Gasteiger partial charge in [-0.2, -0.15) is 0 Å². The molecule has 160 valence electrons. The Morgan fingerprint density at radius 1 is 0.938 bits per heavy atom. The first-order valence-electron chi connectivity index (χ1n) is 10.1. The first kappa shape index (κ1) is 20.4. The molecule has 0 radical (unpaired) electrons. The lowest BCUT2D eigenvalue weighted by molar-refractivity contribution is -0.138. The molecular formula is C24H19FN4O2S. The normalized spacial score (nSPS) is 19.6. The van der Waals surface area contributed by atoms with Gasteiger partial charge in [0.2, 0.25) is 11.8 Å². The van der Waals surface area contributed by atoms with Crippen LogP contribution in [-0.4, -0.2) is 37.1 Å². The lowest BCUT2D eigenvalue weighted by atomic mass is 9.91. The van der Waals surface area contributed by atoms with Gasteiger partial charge in [0.15, 0.2) is 5.16 Å². The molecule has 2 aliphatic rings. The van der Waals surface area contributed by atoms with Crippen LogP contribution in [0.15, 0.2) is 78.3 Å². The molecule has 6 nitrogen and oxygen atoms in total. The fourth-order valence-corrected chi connectivity index (χ4v) is 4.99. The maximum Gasteiger partial charge on any atom is 0.238 e. The van der Waals surface area contributed by atoms with Gasteiger partial charge >= 0.3 is 0 Å². The highest BCUT2D eigenvalue weighted by Crippen LogP contribution is 2.37. The van der Waals surface area contributed by atoms with Crippen molar-refractivity contribution in [2.75, 3.05) is 5.88 Å². The number of halogens is 1. The number of amides is 2. The zero-order valence-corrected chi connectivity index (χ0v) is 18.0. The quantitative estimate of drug-likeness (QED) is 0.437. The molecule has 2 atom stereocenters. The van der Waals surface area contributed by atoms with Crippen molar-refractivity contribution in [3.8, 4) is 22.5 Å². The summed E-state index contributed by atoms with van der Waals surface area (Å²) in [6.45, 7) is 0. The second-order valence-corrected chi connectivity index (χ2v) is 8.50. The van der Waals surface area contributed by atoms with E-state index in [1.165, 1.54) is 28.8 Å². The van der Waals surface area contributed by atoms with E-state index < -0.39 is 11.8 Å². The molecule has 0 spiro atoms. The molecular weight excluding hydrogens is 427 g/mol. The standard InChI is InChI=1S/C24H19FN4O2S/c1-28-21(16-10-12-26-13-11-16)20(15-6-8-17(25)9-7-15)27-24(28)32-14-29-22(30)18-4-2-3-5-19(18)23(29)31/h2-13,18-19H,14H2,1H3. The zero-order valence-electron chi connectivity index (χ0n) is 17.2. The SMILES string of the molecule is Cn1c(SCN2C(=O)C3C=CC=CC3C2=O)nc(-c2ccc(F)cc2)c1-c1ccncc1. The molecule has 0 N–H and O–H groups in total. The summed E-state index contributed by atoms with van der Waals surface area (Å²) in [6.07, 6.45) is 10.6. The Morgan fingerprint density at radius 2 is 1.56 bits per heavy atom. The molecule has 3 heterocycles. The highest BCUT2D eigenvalue weighted by atomic mass is 32.2. The number of nitrogens with zero attached hydrogens (tertiary/aromatic N) is 4. The van der Waals surface area contributed by atoms with Crippen LogP contribution in [0.4, 0.5) is 4.39 Å². The molecule has 3 aromatic rings. The molecule has 1 saturated heterocycles. The summed E-state index contributed by atoms with van der Waals surface area (Å²) in [4.78, 5) is 35.7.